The van der Waals surface area contributed by atoms with Crippen LogP contribution in [-0.4, -0.2) is 18.1 Å². The molecule has 0 aliphatic heterocycles. The van der Waals surface area contributed by atoms with Crippen molar-refractivity contribution in [2.24, 2.45) is 0 Å². The molecule has 0 bridgehead atoms. The minimum atomic E-state index is -0.459. The smallest absolute Gasteiger partial charge is 0.339 e. The number of nitrogens with zero attached hydrogens (tertiary/aromatic N) is 1. The number of aromatic nitrogens is 1. The Kier molecular flexibility index (Phi) is 4.14. The minimum absolute atomic E-state index is 0.120. The number of esters is 1. The second kappa shape index (κ2) is 6.01. The van der Waals surface area contributed by atoms with Gasteiger partial charge in [-0.25, -0.2) is 9.18 Å². The van der Waals surface area contributed by atoms with Gasteiger partial charge in [-0.05, 0) is 24.3 Å². The Balaban J connectivity index is 2.04. The lowest BCUT2D eigenvalue weighted by molar-refractivity contribution is 0.0600. The average Bonchev–Trinajstić information content (AvgIpc) is 2.48. The van der Waals surface area contributed by atoms with E-state index < -0.39 is 11.8 Å². The van der Waals surface area contributed by atoms with E-state index in [-0.39, 0.29) is 12.4 Å². The first-order valence-electron chi connectivity index (χ1n) is 5.81. The van der Waals surface area contributed by atoms with Crippen LogP contribution in [0.1, 0.15) is 16.1 Å². The number of carbonyl (C=O) groups excluding carboxylic acids is 1. The lowest BCUT2D eigenvalue weighted by Crippen LogP contribution is -2.04. The summed E-state index contributed by atoms with van der Waals surface area (Å²) in [6.07, 6.45) is 1.39. The highest BCUT2D eigenvalue weighted by atomic mass is 19.1. The largest absolute Gasteiger partial charge is 0.485 e. The van der Waals surface area contributed by atoms with E-state index in [1.54, 1.807) is 12.1 Å². The summed E-state index contributed by atoms with van der Waals surface area (Å²) in [6, 6.07) is 7.09. The van der Waals surface area contributed by atoms with Gasteiger partial charge in [-0.15, -0.1) is 0 Å². The molecule has 1 aromatic carbocycles. The zero-order chi connectivity index (χ0) is 14.5. The van der Waals surface area contributed by atoms with Crippen LogP contribution in [0.5, 0.6) is 5.75 Å². The molecule has 0 aliphatic rings. The van der Waals surface area contributed by atoms with Crippen LogP contribution in [0.3, 0.4) is 0 Å². The molecular weight excluding hydrogens is 263 g/mol. The predicted octanol–water partition coefficient (Wildman–Crippen LogP) is 2.17. The van der Waals surface area contributed by atoms with Gasteiger partial charge in [0.05, 0.1) is 24.1 Å². The number of hydrogen-bond donors (Lipinski definition) is 1. The van der Waals surface area contributed by atoms with Gasteiger partial charge in [0.2, 0.25) is 0 Å². The summed E-state index contributed by atoms with van der Waals surface area (Å²) >= 11 is 0. The van der Waals surface area contributed by atoms with E-state index in [0.29, 0.717) is 16.9 Å². The molecule has 0 amide bonds. The highest BCUT2D eigenvalue weighted by Gasteiger charge is 2.07. The normalized spacial score (nSPS) is 10.1. The van der Waals surface area contributed by atoms with Crippen molar-refractivity contribution in [3.05, 3.63) is 53.6 Å². The van der Waals surface area contributed by atoms with E-state index in [2.05, 4.69) is 9.72 Å². The molecule has 0 saturated heterocycles. The molecular formula is C14H13FN2O3. The summed E-state index contributed by atoms with van der Waals surface area (Å²) in [7, 11) is 1.30. The predicted molar refractivity (Wildman–Crippen MR) is 70.7 cm³/mol. The van der Waals surface area contributed by atoms with Gasteiger partial charge in [-0.2, -0.15) is 0 Å². The monoisotopic (exact) mass is 276 g/mol. The van der Waals surface area contributed by atoms with Crippen LogP contribution in [0.25, 0.3) is 0 Å². The Bertz CT molecular complexity index is 614. The third-order valence-electron chi connectivity index (χ3n) is 2.60. The van der Waals surface area contributed by atoms with Crippen molar-refractivity contribution in [2.45, 2.75) is 6.61 Å². The van der Waals surface area contributed by atoms with E-state index in [0.717, 1.165) is 0 Å². The van der Waals surface area contributed by atoms with Crippen LogP contribution >= 0.6 is 0 Å². The van der Waals surface area contributed by atoms with E-state index in [1.807, 2.05) is 0 Å². The second-order valence-electron chi connectivity index (χ2n) is 4.00. The topological polar surface area (TPSA) is 74.4 Å². The number of nitrogen functional groups attached to an aromatic ring is 1. The van der Waals surface area contributed by atoms with Gasteiger partial charge in [0.15, 0.2) is 0 Å². The molecule has 0 radical (unpaired) electrons. The Morgan fingerprint density at radius 3 is 2.80 bits per heavy atom. The molecule has 6 heteroatoms. The van der Waals surface area contributed by atoms with Gasteiger partial charge in [0.1, 0.15) is 18.2 Å². The maximum atomic E-state index is 13.1. The van der Waals surface area contributed by atoms with Gasteiger partial charge in [0.25, 0.3) is 0 Å². The van der Waals surface area contributed by atoms with Crippen LogP contribution in [-0.2, 0) is 11.3 Å². The van der Waals surface area contributed by atoms with Gasteiger partial charge >= 0.3 is 5.97 Å². The van der Waals surface area contributed by atoms with Crippen LogP contribution in [0.2, 0.25) is 0 Å². The maximum absolute atomic E-state index is 13.1. The lowest BCUT2D eigenvalue weighted by Gasteiger charge is -2.08. The number of pyridine rings is 1. The molecule has 5 nitrogen and oxygen atoms in total. The van der Waals surface area contributed by atoms with Crippen LogP contribution in [0, 0.1) is 5.82 Å². The third-order valence-corrected chi connectivity index (χ3v) is 2.60. The standard InChI is InChI=1S/C14H13FN2O3/c1-19-14(18)9-2-4-11(17-7-9)8-20-13-6-10(15)3-5-12(13)16/h2-7H,8,16H2,1H3. The Morgan fingerprint density at radius 2 is 2.15 bits per heavy atom. The SMILES string of the molecule is COC(=O)c1ccc(COc2cc(F)ccc2N)nc1. The molecule has 1 aromatic heterocycles. The number of rotatable bonds is 4. The van der Waals surface area contributed by atoms with Crippen LogP contribution in [0.15, 0.2) is 36.5 Å². The molecule has 0 spiro atoms. The molecule has 2 N–H and O–H groups in total. The first-order chi connectivity index (χ1) is 9.60. The number of methoxy groups -OCH3 is 1. The first-order valence-corrected chi connectivity index (χ1v) is 5.81. The van der Waals surface area contributed by atoms with E-state index in [4.69, 9.17) is 10.5 Å². The lowest BCUT2D eigenvalue weighted by atomic mass is 10.2. The summed E-state index contributed by atoms with van der Waals surface area (Å²) in [6.45, 7) is 0.120. The number of hydrogen-bond acceptors (Lipinski definition) is 5. The van der Waals surface area contributed by atoms with Crippen molar-refractivity contribution in [3.8, 4) is 5.75 Å². The van der Waals surface area contributed by atoms with Crippen molar-refractivity contribution < 1.29 is 18.7 Å². The van der Waals surface area contributed by atoms with E-state index >= 15 is 0 Å². The van der Waals surface area contributed by atoms with E-state index in [1.165, 1.54) is 31.5 Å². The molecule has 0 saturated carbocycles. The summed E-state index contributed by atoms with van der Waals surface area (Å²) < 4.78 is 23.0. The Labute approximate surface area is 115 Å². The second-order valence-corrected chi connectivity index (χ2v) is 4.00. The van der Waals surface area contributed by atoms with E-state index in [9.17, 15) is 9.18 Å². The highest BCUT2D eigenvalue weighted by Crippen LogP contribution is 2.22. The number of nitrogens with two attached hydrogens (primary N) is 1. The fraction of sp³-hybridized carbons (Fsp3) is 0.143. The van der Waals surface area contributed by atoms with Gasteiger partial charge < -0.3 is 15.2 Å². The minimum Gasteiger partial charge on any atom is -0.485 e. The fourth-order valence-electron chi connectivity index (χ4n) is 1.53. The molecule has 20 heavy (non-hydrogen) atoms. The Morgan fingerprint density at radius 1 is 1.35 bits per heavy atom. The molecule has 0 unspecified atom stereocenters. The van der Waals surface area contributed by atoms with Crippen molar-refractivity contribution in [3.63, 3.8) is 0 Å². The summed E-state index contributed by atoms with van der Waals surface area (Å²) in [4.78, 5) is 15.3. The van der Waals surface area contributed by atoms with Crippen molar-refractivity contribution in [1.29, 1.82) is 0 Å². The first kappa shape index (κ1) is 13.8. The van der Waals surface area contributed by atoms with Crippen LogP contribution in [0.4, 0.5) is 10.1 Å². The summed E-state index contributed by atoms with van der Waals surface area (Å²) in [5, 5.41) is 0. The maximum Gasteiger partial charge on any atom is 0.339 e. The molecule has 0 aliphatic carbocycles. The molecule has 2 rings (SSSR count). The molecule has 2 aromatic rings. The number of halogens is 1. The third kappa shape index (κ3) is 3.23. The quantitative estimate of drug-likeness (QED) is 0.684. The van der Waals surface area contributed by atoms with Crippen molar-refractivity contribution >= 4 is 11.7 Å². The fourth-order valence-corrected chi connectivity index (χ4v) is 1.53. The van der Waals surface area contributed by atoms with Gasteiger partial charge in [0, 0.05) is 12.3 Å². The van der Waals surface area contributed by atoms with Gasteiger partial charge in [-0.3, -0.25) is 4.98 Å². The van der Waals surface area contributed by atoms with Crippen molar-refractivity contribution in [1.82, 2.24) is 4.98 Å². The molecule has 0 atom stereocenters. The zero-order valence-corrected chi connectivity index (χ0v) is 10.8. The number of ether oxygens (including phenoxy) is 2. The zero-order valence-electron chi connectivity index (χ0n) is 10.8. The Hall–Kier alpha value is -2.63. The summed E-state index contributed by atoms with van der Waals surface area (Å²) in [5.74, 6) is -0.633. The molecule has 1 heterocycles. The number of carbonyl (C=O) groups is 1. The highest BCUT2D eigenvalue weighted by molar-refractivity contribution is 5.88. The number of anilines is 1. The van der Waals surface area contributed by atoms with Gasteiger partial charge in [-0.1, -0.05) is 0 Å². The summed E-state index contributed by atoms with van der Waals surface area (Å²) in [5.41, 5.74) is 6.94. The molecule has 0 fully saturated rings. The molecule has 104 valence electrons. The number of benzene rings is 1. The average molecular weight is 276 g/mol. The van der Waals surface area contributed by atoms with Crippen LogP contribution < -0.4 is 10.5 Å². The van der Waals surface area contributed by atoms with Crippen molar-refractivity contribution in [2.75, 3.05) is 12.8 Å².